The highest BCUT2D eigenvalue weighted by Gasteiger charge is 2.06. The molecule has 0 aliphatic rings. The van der Waals surface area contributed by atoms with E-state index in [2.05, 4.69) is 6.92 Å². The van der Waals surface area contributed by atoms with Crippen LogP contribution in [-0.4, -0.2) is 18.9 Å². The molecular weight excluding hydrogens is 240 g/mol. The third kappa shape index (κ3) is 6.18. The van der Waals surface area contributed by atoms with Gasteiger partial charge in [0.05, 0.1) is 12.2 Å². The fourth-order valence-electron chi connectivity index (χ4n) is 1.83. The Bertz CT molecular complexity index is 381. The van der Waals surface area contributed by atoms with Gasteiger partial charge in [0.1, 0.15) is 6.29 Å². The van der Waals surface area contributed by atoms with Gasteiger partial charge in [0.15, 0.2) is 0 Å². The number of hydrogen-bond acceptors (Lipinski definition) is 3. The smallest absolute Gasteiger partial charge is 0.338 e. The molecule has 0 radical (unpaired) electrons. The molecule has 1 aromatic carbocycles. The molecule has 0 heterocycles. The van der Waals surface area contributed by atoms with Crippen LogP contribution < -0.4 is 0 Å². The quantitative estimate of drug-likeness (QED) is 0.383. The highest BCUT2D eigenvalue weighted by atomic mass is 16.5. The lowest BCUT2D eigenvalue weighted by Gasteiger charge is -2.05. The first-order chi connectivity index (χ1) is 9.27. The first-order valence-electron chi connectivity index (χ1n) is 7.00. The molecule has 0 amide bonds. The SMILES string of the molecule is CCCCCCCCOC(=O)c1ccc(C=O)cc1. The molecule has 0 atom stereocenters. The van der Waals surface area contributed by atoms with Gasteiger partial charge in [-0.05, 0) is 18.6 Å². The van der Waals surface area contributed by atoms with Gasteiger partial charge in [0.2, 0.25) is 0 Å². The lowest BCUT2D eigenvalue weighted by atomic mass is 10.1. The maximum Gasteiger partial charge on any atom is 0.338 e. The Hall–Kier alpha value is -1.64. The van der Waals surface area contributed by atoms with Crippen molar-refractivity contribution < 1.29 is 14.3 Å². The summed E-state index contributed by atoms with van der Waals surface area (Å²) in [6.07, 6.45) is 7.77. The zero-order valence-electron chi connectivity index (χ0n) is 11.6. The van der Waals surface area contributed by atoms with Crippen molar-refractivity contribution in [2.75, 3.05) is 6.61 Å². The molecule has 104 valence electrons. The van der Waals surface area contributed by atoms with Gasteiger partial charge in [0.25, 0.3) is 0 Å². The molecule has 0 aromatic heterocycles. The second-order valence-electron chi connectivity index (χ2n) is 4.64. The highest BCUT2D eigenvalue weighted by molar-refractivity contribution is 5.90. The summed E-state index contributed by atoms with van der Waals surface area (Å²) in [4.78, 5) is 22.2. The Kier molecular flexibility index (Phi) is 7.56. The Balaban J connectivity index is 2.18. The minimum absolute atomic E-state index is 0.314. The van der Waals surface area contributed by atoms with Crippen LogP contribution in [0, 0.1) is 0 Å². The Morgan fingerprint density at radius 3 is 2.32 bits per heavy atom. The number of unbranched alkanes of at least 4 members (excludes halogenated alkanes) is 5. The Labute approximate surface area is 115 Å². The average Bonchev–Trinajstić information content (AvgIpc) is 2.46. The summed E-state index contributed by atoms with van der Waals surface area (Å²) in [6, 6.07) is 6.48. The number of aldehydes is 1. The van der Waals surface area contributed by atoms with E-state index in [1.54, 1.807) is 24.3 Å². The van der Waals surface area contributed by atoms with E-state index in [4.69, 9.17) is 4.74 Å². The standard InChI is InChI=1S/C16H22O3/c1-2-3-4-5-6-7-12-19-16(18)15-10-8-14(13-17)9-11-15/h8-11,13H,2-7,12H2,1H3. The summed E-state index contributed by atoms with van der Waals surface area (Å²) in [7, 11) is 0. The van der Waals surface area contributed by atoms with Crippen molar-refractivity contribution in [3.63, 3.8) is 0 Å². The lowest BCUT2D eigenvalue weighted by Crippen LogP contribution is -2.06. The van der Waals surface area contributed by atoms with Crippen LogP contribution in [0.15, 0.2) is 24.3 Å². The minimum Gasteiger partial charge on any atom is -0.462 e. The third-order valence-corrected chi connectivity index (χ3v) is 3.01. The van der Waals surface area contributed by atoms with E-state index in [1.165, 1.54) is 25.7 Å². The summed E-state index contributed by atoms with van der Waals surface area (Å²) in [5, 5.41) is 0. The molecule has 0 bridgehead atoms. The van der Waals surface area contributed by atoms with Crippen molar-refractivity contribution in [3.8, 4) is 0 Å². The number of ether oxygens (including phenoxy) is 1. The van der Waals surface area contributed by atoms with Crippen molar-refractivity contribution in [1.29, 1.82) is 0 Å². The predicted octanol–water partition coefficient (Wildman–Crippen LogP) is 4.02. The molecule has 0 saturated carbocycles. The average molecular weight is 262 g/mol. The van der Waals surface area contributed by atoms with E-state index >= 15 is 0 Å². The second kappa shape index (κ2) is 9.31. The van der Waals surface area contributed by atoms with Gasteiger partial charge in [-0.1, -0.05) is 51.2 Å². The van der Waals surface area contributed by atoms with E-state index in [9.17, 15) is 9.59 Å². The van der Waals surface area contributed by atoms with E-state index in [0.29, 0.717) is 17.7 Å². The summed E-state index contributed by atoms with van der Waals surface area (Å²) in [5.41, 5.74) is 1.06. The zero-order valence-corrected chi connectivity index (χ0v) is 11.6. The molecule has 0 fully saturated rings. The topological polar surface area (TPSA) is 43.4 Å². The normalized spacial score (nSPS) is 10.2. The van der Waals surface area contributed by atoms with Crippen molar-refractivity contribution in [3.05, 3.63) is 35.4 Å². The molecule has 0 aliphatic heterocycles. The van der Waals surface area contributed by atoms with Gasteiger partial charge in [-0.25, -0.2) is 4.79 Å². The monoisotopic (exact) mass is 262 g/mol. The Morgan fingerprint density at radius 2 is 1.68 bits per heavy atom. The highest BCUT2D eigenvalue weighted by Crippen LogP contribution is 2.07. The van der Waals surface area contributed by atoms with Crippen LogP contribution in [0.5, 0.6) is 0 Å². The number of hydrogen-bond donors (Lipinski definition) is 0. The van der Waals surface area contributed by atoms with Crippen molar-refractivity contribution >= 4 is 12.3 Å². The van der Waals surface area contributed by atoms with Gasteiger partial charge < -0.3 is 4.74 Å². The van der Waals surface area contributed by atoms with Gasteiger partial charge >= 0.3 is 5.97 Å². The maximum atomic E-state index is 11.7. The van der Waals surface area contributed by atoms with Gasteiger partial charge in [-0.3, -0.25) is 4.79 Å². The lowest BCUT2D eigenvalue weighted by molar-refractivity contribution is 0.0497. The van der Waals surface area contributed by atoms with E-state index < -0.39 is 0 Å². The number of carbonyl (C=O) groups is 2. The van der Waals surface area contributed by atoms with Crippen LogP contribution in [0.4, 0.5) is 0 Å². The predicted molar refractivity (Wildman–Crippen MR) is 75.5 cm³/mol. The zero-order chi connectivity index (χ0) is 13.9. The van der Waals surface area contributed by atoms with E-state index in [1.807, 2.05) is 0 Å². The largest absolute Gasteiger partial charge is 0.462 e. The van der Waals surface area contributed by atoms with Gasteiger partial charge in [-0.2, -0.15) is 0 Å². The minimum atomic E-state index is -0.314. The van der Waals surface area contributed by atoms with Crippen LogP contribution in [0.3, 0.4) is 0 Å². The fourth-order valence-corrected chi connectivity index (χ4v) is 1.83. The van der Waals surface area contributed by atoms with Crippen LogP contribution >= 0.6 is 0 Å². The molecule has 1 aromatic rings. The number of carbonyl (C=O) groups excluding carboxylic acids is 2. The Morgan fingerprint density at radius 1 is 1.05 bits per heavy atom. The first kappa shape index (κ1) is 15.4. The maximum absolute atomic E-state index is 11.7. The molecule has 0 saturated heterocycles. The molecule has 3 heteroatoms. The van der Waals surface area contributed by atoms with Crippen molar-refractivity contribution in [2.45, 2.75) is 45.4 Å². The van der Waals surface area contributed by atoms with Crippen LogP contribution in [-0.2, 0) is 4.74 Å². The third-order valence-electron chi connectivity index (χ3n) is 3.01. The van der Waals surface area contributed by atoms with Crippen molar-refractivity contribution in [1.82, 2.24) is 0 Å². The first-order valence-corrected chi connectivity index (χ1v) is 7.00. The summed E-state index contributed by atoms with van der Waals surface area (Å²) < 4.78 is 5.18. The van der Waals surface area contributed by atoms with Crippen LogP contribution in [0.2, 0.25) is 0 Å². The molecule has 0 unspecified atom stereocenters. The number of esters is 1. The number of rotatable bonds is 9. The van der Waals surface area contributed by atoms with Crippen LogP contribution in [0.1, 0.15) is 66.2 Å². The van der Waals surface area contributed by atoms with Gasteiger partial charge in [0, 0.05) is 5.56 Å². The van der Waals surface area contributed by atoms with E-state index in [0.717, 1.165) is 19.1 Å². The molecule has 19 heavy (non-hydrogen) atoms. The molecule has 3 nitrogen and oxygen atoms in total. The van der Waals surface area contributed by atoms with Crippen LogP contribution in [0.25, 0.3) is 0 Å². The van der Waals surface area contributed by atoms with E-state index in [-0.39, 0.29) is 5.97 Å². The molecule has 1 rings (SSSR count). The second-order valence-corrected chi connectivity index (χ2v) is 4.64. The molecule has 0 N–H and O–H groups in total. The summed E-state index contributed by atoms with van der Waals surface area (Å²) in [6.45, 7) is 2.66. The van der Waals surface area contributed by atoms with Crippen molar-refractivity contribution in [2.24, 2.45) is 0 Å². The molecule has 0 spiro atoms. The molecular formula is C16H22O3. The van der Waals surface area contributed by atoms with Gasteiger partial charge in [-0.15, -0.1) is 0 Å². The number of benzene rings is 1. The summed E-state index contributed by atoms with van der Waals surface area (Å²) in [5.74, 6) is -0.314. The summed E-state index contributed by atoms with van der Waals surface area (Å²) >= 11 is 0. The fraction of sp³-hybridized carbons (Fsp3) is 0.500. The molecule has 0 aliphatic carbocycles.